The number of nitro groups is 1. The Kier molecular flexibility index (Phi) is 3.69. The van der Waals surface area contributed by atoms with Gasteiger partial charge in [0.15, 0.2) is 0 Å². The summed E-state index contributed by atoms with van der Waals surface area (Å²) in [5.74, 6) is 0.912. The molecule has 0 N–H and O–H groups in total. The molecule has 0 amide bonds. The summed E-state index contributed by atoms with van der Waals surface area (Å²) < 4.78 is 0. The van der Waals surface area contributed by atoms with Gasteiger partial charge in [0.1, 0.15) is 5.82 Å². The average Bonchev–Trinajstić information content (AvgIpc) is 2.38. The van der Waals surface area contributed by atoms with Crippen LogP contribution in [0.1, 0.15) is 25.0 Å². The standard InChI is InChI=1S/C12H15N3O2/c16-15(17)10-7-11-5-4-6-12(13-11)14-8-2-1-3-9-14/h4-7,10H,1-3,8-9H2. The van der Waals surface area contributed by atoms with Crippen molar-refractivity contribution in [2.24, 2.45) is 0 Å². The minimum atomic E-state index is -0.477. The molecular formula is C12H15N3O2. The molecule has 90 valence electrons. The lowest BCUT2D eigenvalue weighted by Crippen LogP contribution is -2.30. The molecule has 1 fully saturated rings. The van der Waals surface area contributed by atoms with Crippen LogP contribution in [0.2, 0.25) is 0 Å². The molecule has 2 heterocycles. The summed E-state index contributed by atoms with van der Waals surface area (Å²) in [4.78, 5) is 16.4. The van der Waals surface area contributed by atoms with Crippen LogP contribution in [0.4, 0.5) is 5.82 Å². The van der Waals surface area contributed by atoms with Gasteiger partial charge < -0.3 is 4.90 Å². The predicted molar refractivity (Wildman–Crippen MR) is 66.3 cm³/mol. The number of rotatable bonds is 3. The Hall–Kier alpha value is -1.91. The van der Waals surface area contributed by atoms with E-state index >= 15 is 0 Å². The maximum Gasteiger partial charge on any atom is 0.236 e. The highest BCUT2D eigenvalue weighted by Crippen LogP contribution is 2.17. The van der Waals surface area contributed by atoms with Crippen LogP contribution in [0.3, 0.4) is 0 Å². The number of hydrogen-bond donors (Lipinski definition) is 0. The Morgan fingerprint density at radius 2 is 2.06 bits per heavy atom. The molecule has 5 heteroatoms. The zero-order valence-corrected chi connectivity index (χ0v) is 9.58. The van der Waals surface area contributed by atoms with Gasteiger partial charge in [0.2, 0.25) is 6.20 Å². The van der Waals surface area contributed by atoms with Crippen molar-refractivity contribution < 1.29 is 4.92 Å². The van der Waals surface area contributed by atoms with Gasteiger partial charge >= 0.3 is 0 Å². The lowest BCUT2D eigenvalue weighted by molar-refractivity contribution is -0.401. The van der Waals surface area contributed by atoms with Crippen molar-refractivity contribution >= 4 is 11.9 Å². The van der Waals surface area contributed by atoms with E-state index in [1.165, 1.54) is 25.3 Å². The van der Waals surface area contributed by atoms with Gasteiger partial charge in [-0.05, 0) is 31.4 Å². The van der Waals surface area contributed by atoms with E-state index in [1.54, 1.807) is 6.07 Å². The zero-order chi connectivity index (χ0) is 12.1. The van der Waals surface area contributed by atoms with Crippen molar-refractivity contribution in [2.45, 2.75) is 19.3 Å². The van der Waals surface area contributed by atoms with E-state index in [0.29, 0.717) is 5.69 Å². The van der Waals surface area contributed by atoms with Crippen LogP contribution < -0.4 is 4.90 Å². The molecule has 1 aromatic rings. The highest BCUT2D eigenvalue weighted by molar-refractivity contribution is 5.49. The zero-order valence-electron chi connectivity index (χ0n) is 9.58. The van der Waals surface area contributed by atoms with Gasteiger partial charge in [0, 0.05) is 19.2 Å². The van der Waals surface area contributed by atoms with Crippen molar-refractivity contribution in [3.63, 3.8) is 0 Å². The van der Waals surface area contributed by atoms with E-state index in [0.717, 1.165) is 25.1 Å². The van der Waals surface area contributed by atoms with Gasteiger partial charge in [-0.15, -0.1) is 0 Å². The Bertz CT molecular complexity index is 426. The number of anilines is 1. The quantitative estimate of drug-likeness (QED) is 0.593. The van der Waals surface area contributed by atoms with Crippen LogP contribution in [0.25, 0.3) is 6.08 Å². The Morgan fingerprint density at radius 1 is 1.29 bits per heavy atom. The molecule has 0 spiro atoms. The number of hydrogen-bond acceptors (Lipinski definition) is 4. The van der Waals surface area contributed by atoms with Gasteiger partial charge in [-0.3, -0.25) is 10.1 Å². The topological polar surface area (TPSA) is 59.3 Å². The van der Waals surface area contributed by atoms with Gasteiger partial charge in [-0.25, -0.2) is 4.98 Å². The number of aromatic nitrogens is 1. The Balaban J connectivity index is 2.12. The Labute approximate surface area is 99.9 Å². The van der Waals surface area contributed by atoms with Crippen molar-refractivity contribution in [3.8, 4) is 0 Å². The van der Waals surface area contributed by atoms with Crippen molar-refractivity contribution in [3.05, 3.63) is 40.2 Å². The van der Waals surface area contributed by atoms with Crippen molar-refractivity contribution in [1.82, 2.24) is 4.98 Å². The first-order chi connectivity index (χ1) is 8.25. The van der Waals surface area contributed by atoms with E-state index in [4.69, 9.17) is 0 Å². The van der Waals surface area contributed by atoms with Crippen LogP contribution in [-0.4, -0.2) is 23.0 Å². The molecule has 0 bridgehead atoms. The summed E-state index contributed by atoms with van der Waals surface area (Å²) in [5.41, 5.74) is 0.629. The largest absolute Gasteiger partial charge is 0.357 e. The molecular weight excluding hydrogens is 218 g/mol. The van der Waals surface area contributed by atoms with Gasteiger partial charge in [-0.1, -0.05) is 6.07 Å². The van der Waals surface area contributed by atoms with E-state index in [9.17, 15) is 10.1 Å². The maximum atomic E-state index is 10.2. The molecule has 1 aliphatic heterocycles. The third-order valence-electron chi connectivity index (χ3n) is 2.80. The first-order valence-electron chi connectivity index (χ1n) is 5.79. The molecule has 0 radical (unpaired) electrons. The van der Waals surface area contributed by atoms with E-state index in [-0.39, 0.29) is 0 Å². The summed E-state index contributed by atoms with van der Waals surface area (Å²) in [6, 6.07) is 5.61. The monoisotopic (exact) mass is 233 g/mol. The minimum absolute atomic E-state index is 0.477. The normalized spacial score (nSPS) is 16.4. The van der Waals surface area contributed by atoms with Gasteiger partial charge in [-0.2, -0.15) is 0 Å². The molecule has 0 unspecified atom stereocenters. The summed E-state index contributed by atoms with van der Waals surface area (Å²) in [5, 5.41) is 10.2. The SMILES string of the molecule is O=[N+]([O-])C=Cc1cccc(N2CCCCC2)n1. The molecule has 0 aliphatic carbocycles. The fourth-order valence-electron chi connectivity index (χ4n) is 1.97. The van der Waals surface area contributed by atoms with E-state index in [2.05, 4.69) is 9.88 Å². The lowest BCUT2D eigenvalue weighted by Gasteiger charge is -2.27. The van der Waals surface area contributed by atoms with Crippen molar-refractivity contribution in [2.75, 3.05) is 18.0 Å². The highest BCUT2D eigenvalue weighted by atomic mass is 16.6. The van der Waals surface area contributed by atoms with Gasteiger partial charge in [0.25, 0.3) is 0 Å². The van der Waals surface area contributed by atoms with Crippen LogP contribution in [-0.2, 0) is 0 Å². The van der Waals surface area contributed by atoms with Crippen LogP contribution in [0.5, 0.6) is 0 Å². The average molecular weight is 233 g/mol. The van der Waals surface area contributed by atoms with Crippen LogP contribution in [0, 0.1) is 10.1 Å². The third kappa shape index (κ3) is 3.27. The Morgan fingerprint density at radius 3 is 2.76 bits per heavy atom. The fraction of sp³-hybridized carbons (Fsp3) is 0.417. The number of piperidine rings is 1. The van der Waals surface area contributed by atoms with Gasteiger partial charge in [0.05, 0.1) is 10.6 Å². The molecule has 0 aromatic carbocycles. The molecule has 1 aliphatic rings. The molecule has 1 aromatic heterocycles. The smallest absolute Gasteiger partial charge is 0.236 e. The van der Waals surface area contributed by atoms with Crippen molar-refractivity contribution in [1.29, 1.82) is 0 Å². The minimum Gasteiger partial charge on any atom is -0.357 e. The molecule has 0 saturated carbocycles. The van der Waals surface area contributed by atoms with Crippen LogP contribution >= 0.6 is 0 Å². The molecule has 0 atom stereocenters. The summed E-state index contributed by atoms with van der Waals surface area (Å²) in [6.07, 6.45) is 6.00. The second-order valence-electron chi connectivity index (χ2n) is 4.07. The summed E-state index contributed by atoms with van der Waals surface area (Å²) >= 11 is 0. The molecule has 17 heavy (non-hydrogen) atoms. The van der Waals surface area contributed by atoms with Crippen LogP contribution in [0.15, 0.2) is 24.4 Å². The second-order valence-corrected chi connectivity index (χ2v) is 4.07. The summed E-state index contributed by atoms with van der Waals surface area (Å²) in [6.45, 7) is 2.05. The maximum absolute atomic E-state index is 10.2. The summed E-state index contributed by atoms with van der Waals surface area (Å²) in [7, 11) is 0. The predicted octanol–water partition coefficient (Wildman–Crippen LogP) is 2.32. The lowest BCUT2D eigenvalue weighted by atomic mass is 10.1. The third-order valence-corrected chi connectivity index (χ3v) is 2.80. The second kappa shape index (κ2) is 5.43. The highest BCUT2D eigenvalue weighted by Gasteiger charge is 2.11. The fourth-order valence-corrected chi connectivity index (χ4v) is 1.97. The molecule has 2 rings (SSSR count). The number of pyridine rings is 1. The molecule has 5 nitrogen and oxygen atoms in total. The van der Waals surface area contributed by atoms with E-state index in [1.807, 2.05) is 12.1 Å². The molecule has 1 saturated heterocycles. The first-order valence-corrected chi connectivity index (χ1v) is 5.79. The number of nitrogens with zero attached hydrogens (tertiary/aromatic N) is 3. The van der Waals surface area contributed by atoms with E-state index < -0.39 is 4.92 Å². The first kappa shape index (κ1) is 11.6.